The quantitative estimate of drug-likeness (QED) is 0.860. The highest BCUT2D eigenvalue weighted by Crippen LogP contribution is 2.19. The second-order valence-corrected chi connectivity index (χ2v) is 4.85. The fraction of sp³-hybridized carbons (Fsp3) is 0.294. The summed E-state index contributed by atoms with van der Waals surface area (Å²) in [5, 5.41) is 3.19. The summed E-state index contributed by atoms with van der Waals surface area (Å²) >= 11 is 0. The molecular formula is C17H19F2NO. The SMILES string of the molecule is CCOc1cccc(CNC(C)c2cc(F)ccc2F)c1. The van der Waals surface area contributed by atoms with Gasteiger partial charge >= 0.3 is 0 Å². The first-order chi connectivity index (χ1) is 10.1. The van der Waals surface area contributed by atoms with E-state index in [1.54, 1.807) is 0 Å². The summed E-state index contributed by atoms with van der Waals surface area (Å²) < 4.78 is 32.3. The van der Waals surface area contributed by atoms with E-state index >= 15 is 0 Å². The molecule has 0 saturated carbocycles. The molecule has 2 rings (SSSR count). The van der Waals surface area contributed by atoms with E-state index < -0.39 is 11.6 Å². The molecule has 1 N–H and O–H groups in total. The average molecular weight is 291 g/mol. The van der Waals surface area contributed by atoms with E-state index in [1.807, 2.05) is 38.1 Å². The van der Waals surface area contributed by atoms with Gasteiger partial charge in [-0.25, -0.2) is 8.78 Å². The third-order valence-corrected chi connectivity index (χ3v) is 3.25. The molecule has 21 heavy (non-hydrogen) atoms. The van der Waals surface area contributed by atoms with E-state index in [2.05, 4.69) is 5.32 Å². The monoisotopic (exact) mass is 291 g/mol. The average Bonchev–Trinajstić information content (AvgIpc) is 2.48. The Hall–Kier alpha value is -1.94. The van der Waals surface area contributed by atoms with Gasteiger partial charge in [-0.1, -0.05) is 12.1 Å². The predicted octanol–water partition coefficient (Wildman–Crippen LogP) is 4.21. The van der Waals surface area contributed by atoms with Crippen molar-refractivity contribution in [2.75, 3.05) is 6.61 Å². The van der Waals surface area contributed by atoms with Crippen molar-refractivity contribution in [3.63, 3.8) is 0 Å². The summed E-state index contributed by atoms with van der Waals surface area (Å²) in [6.45, 7) is 4.91. The van der Waals surface area contributed by atoms with Crippen LogP contribution in [0.15, 0.2) is 42.5 Å². The molecule has 0 aliphatic heterocycles. The minimum atomic E-state index is -0.432. The zero-order valence-electron chi connectivity index (χ0n) is 12.2. The Kier molecular flexibility index (Phi) is 5.28. The molecule has 0 aliphatic carbocycles. The van der Waals surface area contributed by atoms with Gasteiger partial charge < -0.3 is 10.1 Å². The summed E-state index contributed by atoms with van der Waals surface area (Å²) in [5.41, 5.74) is 1.36. The third-order valence-electron chi connectivity index (χ3n) is 3.25. The first-order valence-electron chi connectivity index (χ1n) is 7.00. The second-order valence-electron chi connectivity index (χ2n) is 4.85. The summed E-state index contributed by atoms with van der Waals surface area (Å²) in [4.78, 5) is 0. The van der Waals surface area contributed by atoms with Gasteiger partial charge in [-0.05, 0) is 49.7 Å². The number of hydrogen-bond donors (Lipinski definition) is 1. The molecule has 2 aromatic carbocycles. The highest BCUT2D eigenvalue weighted by Gasteiger charge is 2.11. The van der Waals surface area contributed by atoms with E-state index in [1.165, 1.54) is 6.07 Å². The van der Waals surface area contributed by atoms with Crippen molar-refractivity contribution in [3.05, 3.63) is 65.2 Å². The van der Waals surface area contributed by atoms with Crippen molar-refractivity contribution in [2.24, 2.45) is 0 Å². The zero-order valence-corrected chi connectivity index (χ0v) is 12.2. The first kappa shape index (κ1) is 15.4. The number of nitrogens with one attached hydrogen (secondary N) is 1. The summed E-state index contributed by atoms with van der Waals surface area (Å²) in [5.74, 6) is -0.0285. The minimum Gasteiger partial charge on any atom is -0.494 e. The maximum Gasteiger partial charge on any atom is 0.128 e. The molecular weight excluding hydrogens is 272 g/mol. The number of hydrogen-bond acceptors (Lipinski definition) is 2. The van der Waals surface area contributed by atoms with Crippen molar-refractivity contribution in [1.82, 2.24) is 5.32 Å². The van der Waals surface area contributed by atoms with E-state index in [9.17, 15) is 8.78 Å². The van der Waals surface area contributed by atoms with Gasteiger partial charge in [0, 0.05) is 18.2 Å². The van der Waals surface area contributed by atoms with Gasteiger partial charge in [0.15, 0.2) is 0 Å². The molecule has 112 valence electrons. The maximum atomic E-state index is 13.7. The van der Waals surface area contributed by atoms with Gasteiger partial charge in [0.1, 0.15) is 17.4 Å². The highest BCUT2D eigenvalue weighted by molar-refractivity contribution is 5.29. The number of rotatable bonds is 6. The van der Waals surface area contributed by atoms with E-state index in [4.69, 9.17) is 4.74 Å². The Balaban J connectivity index is 2.02. The molecule has 2 aromatic rings. The van der Waals surface area contributed by atoms with Crippen LogP contribution in [0.2, 0.25) is 0 Å². The topological polar surface area (TPSA) is 21.3 Å². The van der Waals surface area contributed by atoms with Gasteiger partial charge in [0.2, 0.25) is 0 Å². The largest absolute Gasteiger partial charge is 0.494 e. The van der Waals surface area contributed by atoms with Crippen LogP contribution in [0.5, 0.6) is 5.75 Å². The molecule has 4 heteroatoms. The van der Waals surface area contributed by atoms with Crippen molar-refractivity contribution >= 4 is 0 Å². The lowest BCUT2D eigenvalue weighted by molar-refractivity contribution is 0.339. The fourth-order valence-electron chi connectivity index (χ4n) is 2.14. The lowest BCUT2D eigenvalue weighted by Gasteiger charge is -2.15. The summed E-state index contributed by atoms with van der Waals surface area (Å²) in [7, 11) is 0. The molecule has 0 fully saturated rings. The van der Waals surface area contributed by atoms with Crippen LogP contribution in [0.3, 0.4) is 0 Å². The third kappa shape index (κ3) is 4.26. The Morgan fingerprint density at radius 3 is 2.71 bits per heavy atom. The smallest absolute Gasteiger partial charge is 0.128 e. The molecule has 0 bridgehead atoms. The normalized spacial score (nSPS) is 12.2. The Morgan fingerprint density at radius 1 is 1.14 bits per heavy atom. The van der Waals surface area contributed by atoms with Gasteiger partial charge in [-0.15, -0.1) is 0 Å². The number of halogens is 2. The van der Waals surface area contributed by atoms with E-state index in [-0.39, 0.29) is 6.04 Å². The molecule has 0 radical (unpaired) electrons. The van der Waals surface area contributed by atoms with E-state index in [0.717, 1.165) is 23.4 Å². The first-order valence-corrected chi connectivity index (χ1v) is 7.00. The van der Waals surface area contributed by atoms with Crippen LogP contribution in [0.1, 0.15) is 31.0 Å². The Morgan fingerprint density at radius 2 is 1.95 bits per heavy atom. The zero-order chi connectivity index (χ0) is 15.2. The van der Waals surface area contributed by atoms with Crippen molar-refractivity contribution < 1.29 is 13.5 Å². The molecule has 0 heterocycles. The molecule has 2 nitrogen and oxygen atoms in total. The van der Waals surface area contributed by atoms with E-state index in [0.29, 0.717) is 18.7 Å². The van der Waals surface area contributed by atoms with Crippen LogP contribution in [0.25, 0.3) is 0 Å². The molecule has 1 atom stereocenters. The molecule has 1 unspecified atom stereocenters. The van der Waals surface area contributed by atoms with Gasteiger partial charge in [-0.2, -0.15) is 0 Å². The minimum absolute atomic E-state index is 0.281. The molecule has 0 amide bonds. The van der Waals surface area contributed by atoms with Gasteiger partial charge in [0.25, 0.3) is 0 Å². The number of benzene rings is 2. The van der Waals surface area contributed by atoms with Crippen molar-refractivity contribution in [3.8, 4) is 5.75 Å². The standard InChI is InChI=1S/C17H19F2NO/c1-3-21-15-6-4-5-13(9-15)11-20-12(2)16-10-14(18)7-8-17(16)19/h4-10,12,20H,3,11H2,1-2H3. The van der Waals surface area contributed by atoms with Crippen LogP contribution in [0, 0.1) is 11.6 Å². The van der Waals surface area contributed by atoms with Crippen LogP contribution in [0.4, 0.5) is 8.78 Å². The Labute approximate surface area is 123 Å². The molecule has 0 saturated heterocycles. The van der Waals surface area contributed by atoms with Crippen LogP contribution >= 0.6 is 0 Å². The predicted molar refractivity (Wildman–Crippen MR) is 79.2 cm³/mol. The van der Waals surface area contributed by atoms with Crippen LogP contribution in [-0.4, -0.2) is 6.61 Å². The summed E-state index contributed by atoms with van der Waals surface area (Å²) in [6, 6.07) is 10.9. The Bertz CT molecular complexity index is 601. The number of ether oxygens (including phenoxy) is 1. The van der Waals surface area contributed by atoms with Crippen LogP contribution in [-0.2, 0) is 6.54 Å². The lowest BCUT2D eigenvalue weighted by atomic mass is 10.1. The van der Waals surface area contributed by atoms with Gasteiger partial charge in [-0.3, -0.25) is 0 Å². The fourth-order valence-corrected chi connectivity index (χ4v) is 2.14. The highest BCUT2D eigenvalue weighted by atomic mass is 19.1. The molecule has 0 aliphatic rings. The lowest BCUT2D eigenvalue weighted by Crippen LogP contribution is -2.19. The van der Waals surface area contributed by atoms with Crippen molar-refractivity contribution in [2.45, 2.75) is 26.4 Å². The second kappa shape index (κ2) is 7.18. The molecule has 0 spiro atoms. The maximum absolute atomic E-state index is 13.7. The summed E-state index contributed by atoms with van der Waals surface area (Å²) in [6.07, 6.45) is 0. The molecule has 0 aromatic heterocycles. The van der Waals surface area contributed by atoms with Gasteiger partial charge in [0.05, 0.1) is 6.61 Å². The van der Waals surface area contributed by atoms with Crippen molar-refractivity contribution in [1.29, 1.82) is 0 Å². The van der Waals surface area contributed by atoms with Crippen LogP contribution < -0.4 is 10.1 Å².